The first-order valence-electron chi connectivity index (χ1n) is 8.48. The van der Waals surface area contributed by atoms with Crippen LogP contribution in [0, 0.1) is 10.1 Å². The number of hydrogen-bond acceptors (Lipinski definition) is 6. The van der Waals surface area contributed by atoms with Crippen LogP contribution in [0.2, 0.25) is 0 Å². The molecule has 1 fully saturated rings. The average Bonchev–Trinajstić information content (AvgIpc) is 2.67. The Morgan fingerprint density at radius 2 is 1.92 bits per heavy atom. The number of benzene rings is 1. The van der Waals surface area contributed by atoms with Crippen molar-refractivity contribution in [2.75, 3.05) is 44.3 Å². The number of pyridine rings is 1. The molecule has 1 aromatic carbocycles. The van der Waals surface area contributed by atoms with Crippen molar-refractivity contribution in [2.24, 2.45) is 0 Å². The van der Waals surface area contributed by atoms with Crippen LogP contribution in [0.5, 0.6) is 0 Å². The molecule has 0 N–H and O–H groups in total. The topological polar surface area (TPSA) is 71.7 Å². The Bertz CT molecular complexity index is 690. The van der Waals surface area contributed by atoms with Gasteiger partial charge in [-0.3, -0.25) is 15.0 Å². The normalized spacial score (nSPS) is 15.0. The summed E-state index contributed by atoms with van der Waals surface area (Å²) in [5.74, 6) is 0.390. The summed E-state index contributed by atoms with van der Waals surface area (Å²) in [4.78, 5) is 19.6. The predicted molar refractivity (Wildman–Crippen MR) is 96.2 cm³/mol. The lowest BCUT2D eigenvalue weighted by Gasteiger charge is -2.28. The molecule has 0 atom stereocenters. The highest BCUT2D eigenvalue weighted by Gasteiger charge is 2.22. The smallest absolute Gasteiger partial charge is 0.311 e. The highest BCUT2D eigenvalue weighted by Crippen LogP contribution is 2.31. The average molecular weight is 342 g/mol. The Morgan fingerprint density at radius 3 is 2.64 bits per heavy atom. The fourth-order valence-corrected chi connectivity index (χ4v) is 2.98. The van der Waals surface area contributed by atoms with E-state index in [1.807, 2.05) is 35.2 Å². The van der Waals surface area contributed by atoms with Gasteiger partial charge < -0.3 is 9.64 Å². The fraction of sp³-hybridized carbons (Fsp3) is 0.389. The minimum absolute atomic E-state index is 0.0257. The quantitative estimate of drug-likeness (QED) is 0.569. The van der Waals surface area contributed by atoms with Crippen LogP contribution in [-0.2, 0) is 4.74 Å². The first-order chi connectivity index (χ1) is 12.3. The zero-order valence-corrected chi connectivity index (χ0v) is 14.1. The van der Waals surface area contributed by atoms with E-state index in [9.17, 15) is 10.1 Å². The van der Waals surface area contributed by atoms with Crippen LogP contribution < -0.4 is 4.90 Å². The third-order valence-corrected chi connectivity index (χ3v) is 4.25. The van der Waals surface area contributed by atoms with Crippen molar-refractivity contribution in [2.45, 2.75) is 6.42 Å². The number of nitrogens with zero attached hydrogens (tertiary/aromatic N) is 4. The van der Waals surface area contributed by atoms with Gasteiger partial charge in [0.1, 0.15) is 0 Å². The number of hydrogen-bond donors (Lipinski definition) is 0. The van der Waals surface area contributed by atoms with Crippen LogP contribution in [0.3, 0.4) is 0 Å². The van der Waals surface area contributed by atoms with Gasteiger partial charge in [-0.1, -0.05) is 18.2 Å². The Balaban J connectivity index is 1.77. The van der Waals surface area contributed by atoms with Crippen LogP contribution >= 0.6 is 0 Å². The van der Waals surface area contributed by atoms with Crippen LogP contribution in [0.25, 0.3) is 0 Å². The summed E-state index contributed by atoms with van der Waals surface area (Å²) in [6, 6.07) is 12.8. The van der Waals surface area contributed by atoms with Crippen molar-refractivity contribution in [1.29, 1.82) is 0 Å². The van der Waals surface area contributed by atoms with E-state index in [-0.39, 0.29) is 10.6 Å². The summed E-state index contributed by atoms with van der Waals surface area (Å²) < 4.78 is 5.37. The van der Waals surface area contributed by atoms with Gasteiger partial charge in [0.25, 0.3) is 0 Å². The maximum absolute atomic E-state index is 11.4. The number of ether oxygens (including phenoxy) is 1. The van der Waals surface area contributed by atoms with E-state index < -0.39 is 0 Å². The van der Waals surface area contributed by atoms with Crippen molar-refractivity contribution in [3.63, 3.8) is 0 Å². The Labute approximate surface area is 147 Å². The molecule has 0 bridgehead atoms. The van der Waals surface area contributed by atoms with Crippen molar-refractivity contribution in [3.8, 4) is 0 Å². The summed E-state index contributed by atoms with van der Waals surface area (Å²) >= 11 is 0. The van der Waals surface area contributed by atoms with Crippen molar-refractivity contribution in [3.05, 3.63) is 58.8 Å². The van der Waals surface area contributed by atoms with E-state index in [1.165, 1.54) is 6.07 Å². The molecule has 0 radical (unpaired) electrons. The van der Waals surface area contributed by atoms with Crippen LogP contribution in [-0.4, -0.2) is 54.2 Å². The van der Waals surface area contributed by atoms with Gasteiger partial charge in [-0.05, 0) is 24.6 Å². The van der Waals surface area contributed by atoms with Gasteiger partial charge in [-0.15, -0.1) is 0 Å². The highest BCUT2D eigenvalue weighted by molar-refractivity contribution is 5.68. The molecular formula is C18H22N4O3. The van der Waals surface area contributed by atoms with Gasteiger partial charge >= 0.3 is 5.69 Å². The molecule has 0 amide bonds. The fourth-order valence-electron chi connectivity index (χ4n) is 2.98. The molecule has 2 aromatic rings. The van der Waals surface area contributed by atoms with Gasteiger partial charge in [0, 0.05) is 44.1 Å². The summed E-state index contributed by atoms with van der Waals surface area (Å²) in [5, 5.41) is 11.4. The van der Waals surface area contributed by atoms with Crippen molar-refractivity contribution < 1.29 is 9.66 Å². The predicted octanol–water partition coefficient (Wildman–Crippen LogP) is 2.85. The van der Waals surface area contributed by atoms with Crippen molar-refractivity contribution in [1.82, 2.24) is 9.88 Å². The van der Waals surface area contributed by atoms with Gasteiger partial charge in [0.2, 0.25) is 5.82 Å². The molecule has 132 valence electrons. The molecule has 0 spiro atoms. The molecule has 7 heteroatoms. The molecule has 1 saturated heterocycles. The van der Waals surface area contributed by atoms with Crippen molar-refractivity contribution >= 4 is 17.2 Å². The minimum atomic E-state index is -0.375. The van der Waals surface area contributed by atoms with E-state index in [1.54, 1.807) is 12.3 Å². The Morgan fingerprint density at radius 1 is 1.16 bits per heavy atom. The number of rotatable bonds is 7. The zero-order valence-electron chi connectivity index (χ0n) is 14.1. The molecule has 3 rings (SSSR count). The maximum atomic E-state index is 11.4. The molecule has 1 aromatic heterocycles. The molecule has 7 nitrogen and oxygen atoms in total. The summed E-state index contributed by atoms with van der Waals surface area (Å²) in [6.45, 7) is 5.03. The van der Waals surface area contributed by atoms with E-state index in [4.69, 9.17) is 4.74 Å². The SMILES string of the molecule is O=[N+]([O-])c1cccnc1N(CCCN1CCOCC1)c1ccccc1. The second-order valence-corrected chi connectivity index (χ2v) is 5.90. The van der Waals surface area contributed by atoms with E-state index >= 15 is 0 Å². The lowest BCUT2D eigenvalue weighted by molar-refractivity contribution is -0.384. The lowest BCUT2D eigenvalue weighted by atomic mass is 10.2. The number of anilines is 2. The van der Waals surface area contributed by atoms with Crippen LogP contribution in [0.15, 0.2) is 48.7 Å². The number of aromatic nitrogens is 1. The molecule has 1 aliphatic rings. The zero-order chi connectivity index (χ0) is 17.5. The molecule has 0 saturated carbocycles. The molecule has 2 heterocycles. The third kappa shape index (κ3) is 4.52. The van der Waals surface area contributed by atoms with E-state index in [2.05, 4.69) is 9.88 Å². The maximum Gasteiger partial charge on any atom is 0.311 e. The molecule has 0 unspecified atom stereocenters. The first-order valence-corrected chi connectivity index (χ1v) is 8.48. The molecule has 25 heavy (non-hydrogen) atoms. The summed E-state index contributed by atoms with van der Waals surface area (Å²) in [5.41, 5.74) is 0.934. The monoisotopic (exact) mass is 342 g/mol. The summed E-state index contributed by atoms with van der Waals surface area (Å²) in [6.07, 6.45) is 2.49. The van der Waals surface area contributed by atoms with Gasteiger partial charge in [0.05, 0.1) is 18.1 Å². The highest BCUT2D eigenvalue weighted by atomic mass is 16.6. The lowest BCUT2D eigenvalue weighted by Crippen LogP contribution is -2.37. The molecule has 0 aliphatic carbocycles. The summed E-state index contributed by atoms with van der Waals surface area (Å²) in [7, 11) is 0. The first kappa shape index (κ1) is 17.3. The second-order valence-electron chi connectivity index (χ2n) is 5.90. The Hall–Kier alpha value is -2.51. The van der Waals surface area contributed by atoms with Crippen LogP contribution in [0.4, 0.5) is 17.2 Å². The number of para-hydroxylation sites is 1. The number of morpholine rings is 1. The Kier molecular flexibility index (Phi) is 5.92. The largest absolute Gasteiger partial charge is 0.379 e. The standard InChI is InChI=1S/C18H22N4O3/c23-22(24)17-8-4-9-19-18(17)21(16-6-2-1-3-7-16)11-5-10-20-12-14-25-15-13-20/h1-4,6-9H,5,10-15H2. The van der Waals surface area contributed by atoms with E-state index in [0.717, 1.165) is 45.0 Å². The second kappa shape index (κ2) is 8.55. The third-order valence-electron chi connectivity index (χ3n) is 4.25. The van der Waals surface area contributed by atoms with Gasteiger partial charge in [-0.2, -0.15) is 0 Å². The van der Waals surface area contributed by atoms with Crippen LogP contribution in [0.1, 0.15) is 6.42 Å². The molecule has 1 aliphatic heterocycles. The van der Waals surface area contributed by atoms with Gasteiger partial charge in [-0.25, -0.2) is 4.98 Å². The molecular weight excluding hydrogens is 320 g/mol. The van der Waals surface area contributed by atoms with E-state index in [0.29, 0.717) is 12.4 Å². The number of nitro groups is 1. The van der Waals surface area contributed by atoms with Gasteiger partial charge in [0.15, 0.2) is 0 Å². The minimum Gasteiger partial charge on any atom is -0.379 e.